The van der Waals surface area contributed by atoms with Gasteiger partial charge < -0.3 is 9.80 Å². The van der Waals surface area contributed by atoms with Crippen LogP contribution in [-0.4, -0.2) is 36.9 Å². The summed E-state index contributed by atoms with van der Waals surface area (Å²) in [6.07, 6.45) is 0. The molecule has 0 aliphatic carbocycles. The van der Waals surface area contributed by atoms with Crippen LogP contribution in [0.3, 0.4) is 0 Å². The summed E-state index contributed by atoms with van der Waals surface area (Å²) < 4.78 is 0. The fourth-order valence-electron chi connectivity index (χ4n) is 1.99. The first-order chi connectivity index (χ1) is 8.02. The molecule has 0 spiro atoms. The van der Waals surface area contributed by atoms with E-state index in [2.05, 4.69) is 0 Å². The van der Waals surface area contributed by atoms with Gasteiger partial charge in [-0.05, 0) is 31.0 Å². The molecule has 1 aliphatic heterocycles. The zero-order valence-corrected chi connectivity index (χ0v) is 10.4. The first-order valence-corrected chi connectivity index (χ1v) is 5.65. The Bertz CT molecular complexity index is 482. The highest BCUT2D eigenvalue weighted by molar-refractivity contribution is 6.41. The Hall–Kier alpha value is -1.84. The van der Waals surface area contributed by atoms with Crippen LogP contribution in [0.5, 0.6) is 0 Å². The quantitative estimate of drug-likeness (QED) is 0.680. The van der Waals surface area contributed by atoms with Crippen LogP contribution in [0.2, 0.25) is 0 Å². The molecule has 1 aromatic carbocycles. The lowest BCUT2D eigenvalue weighted by molar-refractivity contribution is -0.145. The summed E-state index contributed by atoms with van der Waals surface area (Å²) in [5, 5.41) is 0. The number of carbonyl (C=O) groups is 2. The molecule has 90 valence electrons. The van der Waals surface area contributed by atoms with Gasteiger partial charge in [-0.1, -0.05) is 12.1 Å². The minimum atomic E-state index is -0.438. The molecular formula is C13H16N2O2. The zero-order valence-electron chi connectivity index (χ0n) is 10.4. The standard InChI is InChI=1S/C13H16N2O2/c1-9-5-4-6-11(10(9)2)15-8-7-14(3)12(16)13(15)17/h4-6H,7-8H2,1-3H3. The first kappa shape index (κ1) is 11.6. The molecule has 2 amide bonds. The van der Waals surface area contributed by atoms with Crippen molar-refractivity contribution in [2.75, 3.05) is 25.0 Å². The topological polar surface area (TPSA) is 40.6 Å². The van der Waals surface area contributed by atoms with Crippen LogP contribution in [0.4, 0.5) is 5.69 Å². The van der Waals surface area contributed by atoms with Crippen LogP contribution in [0.15, 0.2) is 18.2 Å². The number of piperazine rings is 1. The Balaban J connectivity index is 2.38. The number of likely N-dealkylation sites (N-methyl/N-ethyl adjacent to an activating group) is 1. The minimum absolute atomic E-state index is 0.433. The number of benzene rings is 1. The Morgan fingerprint density at radius 1 is 1.06 bits per heavy atom. The van der Waals surface area contributed by atoms with Crippen LogP contribution in [0, 0.1) is 13.8 Å². The lowest BCUT2D eigenvalue weighted by Gasteiger charge is -2.32. The molecule has 1 heterocycles. The van der Waals surface area contributed by atoms with E-state index < -0.39 is 11.8 Å². The fourth-order valence-corrected chi connectivity index (χ4v) is 1.99. The van der Waals surface area contributed by atoms with Crippen molar-refractivity contribution in [3.8, 4) is 0 Å². The molecule has 1 fully saturated rings. The van der Waals surface area contributed by atoms with E-state index in [9.17, 15) is 9.59 Å². The third-order valence-corrected chi connectivity index (χ3v) is 3.30. The number of nitrogens with zero attached hydrogens (tertiary/aromatic N) is 2. The second-order valence-electron chi connectivity index (χ2n) is 4.40. The Morgan fingerprint density at radius 3 is 2.47 bits per heavy atom. The van der Waals surface area contributed by atoms with Crippen molar-refractivity contribution < 1.29 is 9.59 Å². The van der Waals surface area contributed by atoms with Crippen molar-refractivity contribution in [1.82, 2.24) is 4.90 Å². The number of rotatable bonds is 1. The van der Waals surface area contributed by atoms with E-state index in [0.29, 0.717) is 13.1 Å². The molecule has 2 rings (SSSR count). The second kappa shape index (κ2) is 4.20. The maximum absolute atomic E-state index is 11.9. The van der Waals surface area contributed by atoms with E-state index in [4.69, 9.17) is 0 Å². The highest BCUT2D eigenvalue weighted by Gasteiger charge is 2.31. The average molecular weight is 232 g/mol. The number of amides is 2. The largest absolute Gasteiger partial charge is 0.336 e. The number of carbonyl (C=O) groups excluding carboxylic acids is 2. The van der Waals surface area contributed by atoms with Crippen molar-refractivity contribution in [2.24, 2.45) is 0 Å². The van der Waals surface area contributed by atoms with E-state index in [1.807, 2.05) is 32.0 Å². The lowest BCUT2D eigenvalue weighted by Crippen LogP contribution is -2.53. The fraction of sp³-hybridized carbons (Fsp3) is 0.385. The van der Waals surface area contributed by atoms with Crippen molar-refractivity contribution in [1.29, 1.82) is 0 Å². The van der Waals surface area contributed by atoms with Gasteiger partial charge in [0.1, 0.15) is 0 Å². The van der Waals surface area contributed by atoms with Crippen LogP contribution < -0.4 is 4.90 Å². The van der Waals surface area contributed by atoms with Crippen LogP contribution in [-0.2, 0) is 9.59 Å². The van der Waals surface area contributed by atoms with E-state index in [1.54, 1.807) is 11.9 Å². The summed E-state index contributed by atoms with van der Waals surface area (Å²) in [5.74, 6) is -0.871. The third-order valence-electron chi connectivity index (χ3n) is 3.30. The van der Waals surface area contributed by atoms with Crippen molar-refractivity contribution in [3.63, 3.8) is 0 Å². The zero-order chi connectivity index (χ0) is 12.6. The molecule has 0 aromatic heterocycles. The van der Waals surface area contributed by atoms with Gasteiger partial charge in [-0.2, -0.15) is 0 Å². The summed E-state index contributed by atoms with van der Waals surface area (Å²) in [5.41, 5.74) is 3.02. The van der Waals surface area contributed by atoms with Crippen molar-refractivity contribution >= 4 is 17.5 Å². The molecule has 4 heteroatoms. The van der Waals surface area contributed by atoms with Gasteiger partial charge in [0.25, 0.3) is 0 Å². The summed E-state index contributed by atoms with van der Waals surface area (Å²) in [4.78, 5) is 26.6. The summed E-state index contributed by atoms with van der Waals surface area (Å²) in [6, 6.07) is 5.80. The molecule has 1 aromatic rings. The van der Waals surface area contributed by atoms with Gasteiger partial charge >= 0.3 is 11.8 Å². The maximum Gasteiger partial charge on any atom is 0.316 e. The van der Waals surface area contributed by atoms with E-state index in [0.717, 1.165) is 16.8 Å². The van der Waals surface area contributed by atoms with E-state index in [-0.39, 0.29) is 0 Å². The lowest BCUT2D eigenvalue weighted by atomic mass is 10.1. The predicted molar refractivity (Wildman–Crippen MR) is 65.9 cm³/mol. The second-order valence-corrected chi connectivity index (χ2v) is 4.40. The van der Waals surface area contributed by atoms with Gasteiger partial charge in [0.15, 0.2) is 0 Å². The summed E-state index contributed by atoms with van der Waals surface area (Å²) in [6.45, 7) is 5.12. The van der Waals surface area contributed by atoms with Gasteiger partial charge in [0.05, 0.1) is 0 Å². The molecule has 0 unspecified atom stereocenters. The summed E-state index contributed by atoms with van der Waals surface area (Å²) in [7, 11) is 1.65. The SMILES string of the molecule is Cc1cccc(N2CCN(C)C(=O)C2=O)c1C. The van der Waals surface area contributed by atoms with Gasteiger partial charge in [-0.3, -0.25) is 9.59 Å². The average Bonchev–Trinajstić information content (AvgIpc) is 2.31. The van der Waals surface area contributed by atoms with Crippen LogP contribution >= 0.6 is 0 Å². The highest BCUT2D eigenvalue weighted by atomic mass is 16.2. The normalized spacial score (nSPS) is 16.6. The summed E-state index contributed by atoms with van der Waals surface area (Å²) >= 11 is 0. The van der Waals surface area contributed by atoms with Gasteiger partial charge in [0, 0.05) is 25.8 Å². The molecule has 0 N–H and O–H groups in total. The minimum Gasteiger partial charge on any atom is -0.336 e. The molecule has 4 nitrogen and oxygen atoms in total. The molecule has 0 saturated carbocycles. The number of anilines is 1. The van der Waals surface area contributed by atoms with E-state index in [1.165, 1.54) is 4.90 Å². The molecule has 0 bridgehead atoms. The Labute approximate surface area is 101 Å². The van der Waals surface area contributed by atoms with Crippen molar-refractivity contribution in [2.45, 2.75) is 13.8 Å². The molecule has 0 atom stereocenters. The molecular weight excluding hydrogens is 216 g/mol. The first-order valence-electron chi connectivity index (χ1n) is 5.65. The maximum atomic E-state index is 11.9. The highest BCUT2D eigenvalue weighted by Crippen LogP contribution is 2.24. The van der Waals surface area contributed by atoms with Gasteiger partial charge in [-0.15, -0.1) is 0 Å². The number of hydrogen-bond donors (Lipinski definition) is 0. The van der Waals surface area contributed by atoms with Crippen LogP contribution in [0.1, 0.15) is 11.1 Å². The monoisotopic (exact) mass is 232 g/mol. The molecule has 1 saturated heterocycles. The molecule has 17 heavy (non-hydrogen) atoms. The molecule has 1 aliphatic rings. The Kier molecular flexibility index (Phi) is 2.88. The number of aryl methyl sites for hydroxylation is 1. The Morgan fingerprint density at radius 2 is 1.76 bits per heavy atom. The predicted octanol–water partition coefficient (Wildman–Crippen LogP) is 1.11. The van der Waals surface area contributed by atoms with Gasteiger partial charge in [-0.25, -0.2) is 0 Å². The smallest absolute Gasteiger partial charge is 0.316 e. The van der Waals surface area contributed by atoms with Gasteiger partial charge in [0.2, 0.25) is 0 Å². The number of hydrogen-bond acceptors (Lipinski definition) is 2. The molecule has 0 radical (unpaired) electrons. The third kappa shape index (κ3) is 1.90. The van der Waals surface area contributed by atoms with Crippen molar-refractivity contribution in [3.05, 3.63) is 29.3 Å². The van der Waals surface area contributed by atoms with Crippen LogP contribution in [0.25, 0.3) is 0 Å². The van der Waals surface area contributed by atoms with E-state index >= 15 is 0 Å².